The first-order valence-corrected chi connectivity index (χ1v) is 11.1. The Kier molecular flexibility index (Phi) is 8.38. The second-order valence-electron chi connectivity index (χ2n) is 8.58. The number of nitrogens with one attached hydrogen (secondary N) is 1. The summed E-state index contributed by atoms with van der Waals surface area (Å²) in [5.41, 5.74) is 3.35. The number of anilines is 2. The minimum absolute atomic E-state index is 0. The summed E-state index contributed by atoms with van der Waals surface area (Å²) in [6.07, 6.45) is 6.14. The lowest BCUT2D eigenvalue weighted by Crippen LogP contribution is -2.55. The van der Waals surface area contributed by atoms with Crippen LogP contribution in [0.2, 0.25) is 0 Å². The van der Waals surface area contributed by atoms with Crippen molar-refractivity contribution in [3.8, 4) is 0 Å². The number of halogens is 1. The number of carbonyl (C=O) groups is 1. The van der Waals surface area contributed by atoms with Gasteiger partial charge >= 0.3 is 0 Å². The van der Waals surface area contributed by atoms with Gasteiger partial charge in [-0.05, 0) is 36.5 Å². The number of rotatable bonds is 4. The summed E-state index contributed by atoms with van der Waals surface area (Å²) in [5, 5.41) is 7.58. The van der Waals surface area contributed by atoms with E-state index in [0.717, 1.165) is 37.2 Å². The average molecular weight is 551 g/mol. The SMILES string of the molecule is CN=C(NCc1ccc(N2CCC(C)CC2)cc1)N1CCN(c2cnn(C)c2)C(=O)C1.I. The third kappa shape index (κ3) is 5.73. The van der Waals surface area contributed by atoms with Gasteiger partial charge in [0.15, 0.2) is 5.96 Å². The van der Waals surface area contributed by atoms with E-state index in [1.807, 2.05) is 18.1 Å². The highest BCUT2D eigenvalue weighted by molar-refractivity contribution is 14.0. The van der Waals surface area contributed by atoms with Crippen LogP contribution in [0, 0.1) is 5.92 Å². The van der Waals surface area contributed by atoms with Crippen molar-refractivity contribution in [2.75, 3.05) is 49.6 Å². The molecular weight excluding hydrogens is 517 g/mol. The smallest absolute Gasteiger partial charge is 0.246 e. The van der Waals surface area contributed by atoms with Gasteiger partial charge in [-0.15, -0.1) is 24.0 Å². The number of aromatic nitrogens is 2. The van der Waals surface area contributed by atoms with Gasteiger partial charge in [0.05, 0.1) is 11.9 Å². The van der Waals surface area contributed by atoms with Crippen LogP contribution in [-0.2, 0) is 18.4 Å². The van der Waals surface area contributed by atoms with Crippen LogP contribution in [0.4, 0.5) is 11.4 Å². The van der Waals surface area contributed by atoms with E-state index in [2.05, 4.69) is 51.5 Å². The topological polar surface area (TPSA) is 69.0 Å². The van der Waals surface area contributed by atoms with Gasteiger partial charge < -0.3 is 20.0 Å². The average Bonchev–Trinajstić information content (AvgIpc) is 3.21. The lowest BCUT2D eigenvalue weighted by Gasteiger charge is -2.35. The van der Waals surface area contributed by atoms with E-state index in [1.165, 1.54) is 24.1 Å². The number of hydrogen-bond donors (Lipinski definition) is 1. The van der Waals surface area contributed by atoms with Crippen LogP contribution >= 0.6 is 24.0 Å². The van der Waals surface area contributed by atoms with Crippen molar-refractivity contribution in [3.63, 3.8) is 0 Å². The van der Waals surface area contributed by atoms with Gasteiger partial charge in [-0.1, -0.05) is 19.1 Å². The fourth-order valence-electron chi connectivity index (χ4n) is 4.28. The second-order valence-corrected chi connectivity index (χ2v) is 8.58. The summed E-state index contributed by atoms with van der Waals surface area (Å²) in [5.74, 6) is 1.65. The Bertz CT molecular complexity index is 919. The molecule has 0 saturated carbocycles. The van der Waals surface area contributed by atoms with E-state index in [4.69, 9.17) is 0 Å². The van der Waals surface area contributed by atoms with E-state index in [0.29, 0.717) is 19.6 Å². The van der Waals surface area contributed by atoms with Crippen molar-refractivity contribution in [1.82, 2.24) is 20.0 Å². The molecule has 0 unspecified atom stereocenters. The molecule has 8 nitrogen and oxygen atoms in total. The zero-order valence-corrected chi connectivity index (χ0v) is 21.5. The highest BCUT2D eigenvalue weighted by Gasteiger charge is 2.27. The van der Waals surface area contributed by atoms with Crippen LogP contribution in [0.5, 0.6) is 0 Å². The van der Waals surface area contributed by atoms with E-state index in [9.17, 15) is 4.79 Å². The first-order chi connectivity index (χ1) is 15.0. The number of benzene rings is 1. The largest absolute Gasteiger partial charge is 0.372 e. The fraction of sp³-hybridized carbons (Fsp3) is 0.522. The summed E-state index contributed by atoms with van der Waals surface area (Å²) in [6.45, 7) is 6.96. The predicted octanol–water partition coefficient (Wildman–Crippen LogP) is 2.70. The molecule has 0 bridgehead atoms. The van der Waals surface area contributed by atoms with E-state index in [-0.39, 0.29) is 29.9 Å². The van der Waals surface area contributed by atoms with Crippen LogP contribution in [-0.4, -0.2) is 66.3 Å². The van der Waals surface area contributed by atoms with Gasteiger partial charge in [-0.3, -0.25) is 14.5 Å². The fourth-order valence-corrected chi connectivity index (χ4v) is 4.28. The molecule has 1 N–H and O–H groups in total. The normalized spacial score (nSPS) is 18.0. The Labute approximate surface area is 207 Å². The molecule has 4 rings (SSSR count). The molecule has 3 heterocycles. The number of aliphatic imine (C=N–C) groups is 1. The molecular formula is C23H34IN7O. The van der Waals surface area contributed by atoms with E-state index in [1.54, 1.807) is 22.8 Å². The summed E-state index contributed by atoms with van der Waals surface area (Å²) in [7, 11) is 3.62. The monoisotopic (exact) mass is 551 g/mol. The van der Waals surface area contributed by atoms with Gasteiger partial charge in [0.1, 0.15) is 6.54 Å². The van der Waals surface area contributed by atoms with Crippen molar-refractivity contribution in [2.24, 2.45) is 18.0 Å². The van der Waals surface area contributed by atoms with Crippen LogP contribution < -0.4 is 15.1 Å². The minimum Gasteiger partial charge on any atom is -0.372 e. The molecule has 174 valence electrons. The van der Waals surface area contributed by atoms with Gasteiger partial charge in [0, 0.05) is 58.7 Å². The Morgan fingerprint density at radius 2 is 1.84 bits per heavy atom. The Hall–Kier alpha value is -2.30. The molecule has 1 aromatic carbocycles. The molecule has 9 heteroatoms. The Morgan fingerprint density at radius 3 is 2.44 bits per heavy atom. The maximum Gasteiger partial charge on any atom is 0.246 e. The Morgan fingerprint density at radius 1 is 1.12 bits per heavy atom. The zero-order chi connectivity index (χ0) is 21.8. The van der Waals surface area contributed by atoms with Crippen LogP contribution in [0.25, 0.3) is 0 Å². The molecule has 2 aromatic rings. The number of guanidine groups is 1. The molecule has 2 fully saturated rings. The van der Waals surface area contributed by atoms with Gasteiger partial charge in [0.2, 0.25) is 5.91 Å². The molecule has 0 spiro atoms. The lowest BCUT2D eigenvalue weighted by molar-refractivity contribution is -0.120. The van der Waals surface area contributed by atoms with Gasteiger partial charge in [-0.2, -0.15) is 5.10 Å². The Balaban J connectivity index is 0.00000289. The van der Waals surface area contributed by atoms with Crippen molar-refractivity contribution in [2.45, 2.75) is 26.3 Å². The van der Waals surface area contributed by atoms with Crippen molar-refractivity contribution < 1.29 is 4.79 Å². The van der Waals surface area contributed by atoms with E-state index >= 15 is 0 Å². The second kappa shape index (κ2) is 11.0. The molecule has 2 saturated heterocycles. The quantitative estimate of drug-likeness (QED) is 0.360. The maximum atomic E-state index is 12.7. The maximum absolute atomic E-state index is 12.7. The minimum atomic E-state index is 0. The van der Waals surface area contributed by atoms with Crippen LogP contribution in [0.3, 0.4) is 0 Å². The van der Waals surface area contributed by atoms with Crippen molar-refractivity contribution >= 4 is 47.2 Å². The summed E-state index contributed by atoms with van der Waals surface area (Å²) in [6, 6.07) is 8.79. The summed E-state index contributed by atoms with van der Waals surface area (Å²) < 4.78 is 1.71. The van der Waals surface area contributed by atoms with Crippen LogP contribution in [0.1, 0.15) is 25.3 Å². The van der Waals surface area contributed by atoms with Crippen molar-refractivity contribution in [3.05, 3.63) is 42.2 Å². The summed E-state index contributed by atoms with van der Waals surface area (Å²) >= 11 is 0. The number of amides is 1. The molecule has 2 aliphatic heterocycles. The number of aryl methyl sites for hydroxylation is 1. The molecule has 1 aromatic heterocycles. The first-order valence-electron chi connectivity index (χ1n) is 11.1. The number of carbonyl (C=O) groups excluding carboxylic acids is 1. The number of piperidine rings is 1. The zero-order valence-electron chi connectivity index (χ0n) is 19.2. The molecule has 1 amide bonds. The standard InChI is InChI=1S/C23H33N7O.HI/c1-18-8-10-28(11-9-18)20-6-4-19(5-7-20)14-25-23(24-2)29-12-13-30(22(31)17-29)21-15-26-27(3)16-21;/h4-7,15-16,18H,8-14,17H2,1-3H3,(H,24,25);1H. The highest BCUT2D eigenvalue weighted by Crippen LogP contribution is 2.23. The predicted molar refractivity (Wildman–Crippen MR) is 140 cm³/mol. The highest BCUT2D eigenvalue weighted by atomic mass is 127. The third-order valence-corrected chi connectivity index (χ3v) is 6.27. The first kappa shape index (κ1) is 24.3. The number of hydrogen-bond acceptors (Lipinski definition) is 4. The number of piperazine rings is 1. The molecule has 2 aliphatic rings. The lowest BCUT2D eigenvalue weighted by atomic mass is 9.99. The third-order valence-electron chi connectivity index (χ3n) is 6.27. The van der Waals surface area contributed by atoms with Crippen molar-refractivity contribution in [1.29, 1.82) is 0 Å². The molecule has 0 aliphatic carbocycles. The molecule has 0 atom stereocenters. The number of nitrogens with zero attached hydrogens (tertiary/aromatic N) is 6. The van der Waals surface area contributed by atoms with Crippen LogP contribution in [0.15, 0.2) is 41.7 Å². The van der Waals surface area contributed by atoms with Gasteiger partial charge in [-0.25, -0.2) is 0 Å². The summed E-state index contributed by atoms with van der Waals surface area (Å²) in [4.78, 5) is 23.4. The van der Waals surface area contributed by atoms with Gasteiger partial charge in [0.25, 0.3) is 0 Å². The molecule has 0 radical (unpaired) electrons. The van der Waals surface area contributed by atoms with E-state index < -0.39 is 0 Å². The molecule has 32 heavy (non-hydrogen) atoms.